The molecule has 0 saturated heterocycles. The van der Waals surface area contributed by atoms with Crippen molar-refractivity contribution in [3.63, 3.8) is 0 Å². The van der Waals surface area contributed by atoms with E-state index < -0.39 is 0 Å². The molecule has 4 heteroatoms. The van der Waals surface area contributed by atoms with E-state index in [4.69, 9.17) is 13.9 Å². The third-order valence-electron chi connectivity index (χ3n) is 3.28. The van der Waals surface area contributed by atoms with Gasteiger partial charge in [0.15, 0.2) is 11.5 Å². The molecule has 0 aliphatic rings. The van der Waals surface area contributed by atoms with Crippen molar-refractivity contribution in [1.29, 1.82) is 0 Å². The van der Waals surface area contributed by atoms with Crippen LogP contribution in [-0.2, 0) is 6.42 Å². The summed E-state index contributed by atoms with van der Waals surface area (Å²) in [6.45, 7) is 4.75. The molecular weight excluding hydrogens is 266 g/mol. The lowest BCUT2D eigenvalue weighted by atomic mass is 10.1. The standard InChI is InChI=1S/C17H23NO3/c1-4-20-16-10-8-14(12-17(16)19-3)18-13(2)7-9-15-6-5-11-21-15/h5-6,8,10-13,18H,4,7,9H2,1-3H3. The van der Waals surface area contributed by atoms with Crippen LogP contribution in [0.15, 0.2) is 41.0 Å². The summed E-state index contributed by atoms with van der Waals surface area (Å²) in [5.41, 5.74) is 1.03. The van der Waals surface area contributed by atoms with Gasteiger partial charge in [-0.25, -0.2) is 0 Å². The number of benzene rings is 1. The van der Waals surface area contributed by atoms with Crippen LogP contribution in [0.1, 0.15) is 26.0 Å². The number of rotatable bonds is 8. The molecular formula is C17H23NO3. The summed E-state index contributed by atoms with van der Waals surface area (Å²) in [5.74, 6) is 2.54. The number of aryl methyl sites for hydroxylation is 1. The van der Waals surface area contributed by atoms with Crippen molar-refractivity contribution in [2.24, 2.45) is 0 Å². The second-order valence-electron chi connectivity index (χ2n) is 4.96. The van der Waals surface area contributed by atoms with Crippen LogP contribution >= 0.6 is 0 Å². The van der Waals surface area contributed by atoms with Crippen LogP contribution < -0.4 is 14.8 Å². The van der Waals surface area contributed by atoms with Crippen LogP contribution in [0.3, 0.4) is 0 Å². The molecule has 1 heterocycles. The zero-order chi connectivity index (χ0) is 15.1. The van der Waals surface area contributed by atoms with Crippen molar-refractivity contribution >= 4 is 5.69 Å². The van der Waals surface area contributed by atoms with Gasteiger partial charge in [0, 0.05) is 24.2 Å². The van der Waals surface area contributed by atoms with Gasteiger partial charge in [-0.2, -0.15) is 0 Å². The number of furan rings is 1. The number of hydrogen-bond donors (Lipinski definition) is 1. The Kier molecular flexibility index (Phi) is 5.55. The minimum Gasteiger partial charge on any atom is -0.493 e. The first-order valence-corrected chi connectivity index (χ1v) is 7.32. The van der Waals surface area contributed by atoms with E-state index in [0.29, 0.717) is 12.6 Å². The van der Waals surface area contributed by atoms with Crippen molar-refractivity contribution < 1.29 is 13.9 Å². The lowest BCUT2D eigenvalue weighted by Crippen LogP contribution is -2.16. The van der Waals surface area contributed by atoms with Gasteiger partial charge in [-0.15, -0.1) is 0 Å². The fraction of sp³-hybridized carbons (Fsp3) is 0.412. The van der Waals surface area contributed by atoms with Gasteiger partial charge in [-0.3, -0.25) is 0 Å². The average molecular weight is 289 g/mol. The van der Waals surface area contributed by atoms with Gasteiger partial charge < -0.3 is 19.2 Å². The van der Waals surface area contributed by atoms with E-state index in [2.05, 4.69) is 12.2 Å². The van der Waals surface area contributed by atoms with Crippen molar-refractivity contribution in [2.75, 3.05) is 19.0 Å². The molecule has 1 aromatic carbocycles. The smallest absolute Gasteiger partial charge is 0.162 e. The van der Waals surface area contributed by atoms with E-state index in [0.717, 1.165) is 35.8 Å². The fourth-order valence-electron chi connectivity index (χ4n) is 2.20. The van der Waals surface area contributed by atoms with Gasteiger partial charge in [0.25, 0.3) is 0 Å². The predicted molar refractivity (Wildman–Crippen MR) is 84.3 cm³/mol. The maximum absolute atomic E-state index is 5.52. The highest BCUT2D eigenvalue weighted by molar-refractivity contribution is 5.55. The molecule has 0 aliphatic heterocycles. The summed E-state index contributed by atoms with van der Waals surface area (Å²) in [4.78, 5) is 0. The first kappa shape index (κ1) is 15.3. The van der Waals surface area contributed by atoms with Crippen molar-refractivity contribution in [3.8, 4) is 11.5 Å². The fourth-order valence-corrected chi connectivity index (χ4v) is 2.20. The van der Waals surface area contributed by atoms with Gasteiger partial charge in [-0.05, 0) is 44.5 Å². The molecule has 114 valence electrons. The van der Waals surface area contributed by atoms with Crippen LogP contribution in [0.4, 0.5) is 5.69 Å². The summed E-state index contributed by atoms with van der Waals surface area (Å²) < 4.78 is 16.2. The minimum absolute atomic E-state index is 0.345. The highest BCUT2D eigenvalue weighted by atomic mass is 16.5. The lowest BCUT2D eigenvalue weighted by molar-refractivity contribution is 0.311. The van der Waals surface area contributed by atoms with Gasteiger partial charge in [0.05, 0.1) is 20.0 Å². The van der Waals surface area contributed by atoms with Gasteiger partial charge in [0.1, 0.15) is 5.76 Å². The monoisotopic (exact) mass is 289 g/mol. The molecule has 0 aliphatic carbocycles. The number of methoxy groups -OCH3 is 1. The Hall–Kier alpha value is -2.10. The summed E-state index contributed by atoms with van der Waals surface area (Å²) >= 11 is 0. The van der Waals surface area contributed by atoms with E-state index in [9.17, 15) is 0 Å². The van der Waals surface area contributed by atoms with E-state index in [1.807, 2.05) is 37.3 Å². The van der Waals surface area contributed by atoms with Gasteiger partial charge in [0.2, 0.25) is 0 Å². The average Bonchev–Trinajstić information content (AvgIpc) is 3.00. The Labute approximate surface area is 126 Å². The topological polar surface area (TPSA) is 43.6 Å². The number of anilines is 1. The second kappa shape index (κ2) is 7.62. The number of nitrogens with one attached hydrogen (secondary N) is 1. The summed E-state index contributed by atoms with van der Waals surface area (Å²) in [7, 11) is 1.65. The van der Waals surface area contributed by atoms with Crippen molar-refractivity contribution in [3.05, 3.63) is 42.4 Å². The highest BCUT2D eigenvalue weighted by Crippen LogP contribution is 2.30. The molecule has 21 heavy (non-hydrogen) atoms. The molecule has 1 N–H and O–H groups in total. The highest BCUT2D eigenvalue weighted by Gasteiger charge is 2.08. The Morgan fingerprint density at radius 1 is 1.24 bits per heavy atom. The Balaban J connectivity index is 1.92. The van der Waals surface area contributed by atoms with Crippen LogP contribution in [-0.4, -0.2) is 19.8 Å². The minimum atomic E-state index is 0.345. The van der Waals surface area contributed by atoms with E-state index in [-0.39, 0.29) is 0 Å². The second-order valence-corrected chi connectivity index (χ2v) is 4.96. The maximum atomic E-state index is 5.52. The molecule has 1 unspecified atom stereocenters. The van der Waals surface area contributed by atoms with E-state index in [1.165, 1.54) is 0 Å². The van der Waals surface area contributed by atoms with Crippen LogP contribution in [0.5, 0.6) is 11.5 Å². The van der Waals surface area contributed by atoms with Crippen molar-refractivity contribution in [2.45, 2.75) is 32.7 Å². The largest absolute Gasteiger partial charge is 0.493 e. The lowest BCUT2D eigenvalue weighted by Gasteiger charge is -2.16. The Bertz CT molecular complexity index is 537. The maximum Gasteiger partial charge on any atom is 0.162 e. The van der Waals surface area contributed by atoms with Crippen molar-refractivity contribution in [1.82, 2.24) is 0 Å². The van der Waals surface area contributed by atoms with Crippen LogP contribution in [0.25, 0.3) is 0 Å². The molecule has 0 bridgehead atoms. The molecule has 0 saturated carbocycles. The molecule has 2 rings (SSSR count). The van der Waals surface area contributed by atoms with Gasteiger partial charge in [-0.1, -0.05) is 0 Å². The third kappa shape index (κ3) is 4.45. The molecule has 0 radical (unpaired) electrons. The zero-order valence-electron chi connectivity index (χ0n) is 12.9. The normalized spacial score (nSPS) is 12.0. The molecule has 1 aromatic heterocycles. The molecule has 0 amide bonds. The SMILES string of the molecule is CCOc1ccc(NC(C)CCc2ccco2)cc1OC. The Morgan fingerprint density at radius 3 is 2.76 bits per heavy atom. The molecule has 4 nitrogen and oxygen atoms in total. The first-order chi connectivity index (χ1) is 10.2. The van der Waals surface area contributed by atoms with Gasteiger partial charge >= 0.3 is 0 Å². The zero-order valence-corrected chi connectivity index (χ0v) is 12.9. The van der Waals surface area contributed by atoms with Crippen LogP contribution in [0, 0.1) is 0 Å². The summed E-state index contributed by atoms with van der Waals surface area (Å²) in [6.07, 6.45) is 3.64. The summed E-state index contributed by atoms with van der Waals surface area (Å²) in [6, 6.07) is 10.2. The molecule has 1 atom stereocenters. The summed E-state index contributed by atoms with van der Waals surface area (Å²) in [5, 5.41) is 3.47. The Morgan fingerprint density at radius 2 is 2.10 bits per heavy atom. The molecule has 2 aromatic rings. The van der Waals surface area contributed by atoms with Crippen LogP contribution in [0.2, 0.25) is 0 Å². The van der Waals surface area contributed by atoms with E-state index >= 15 is 0 Å². The third-order valence-corrected chi connectivity index (χ3v) is 3.28. The van der Waals surface area contributed by atoms with E-state index in [1.54, 1.807) is 13.4 Å². The first-order valence-electron chi connectivity index (χ1n) is 7.32. The number of ether oxygens (including phenoxy) is 2. The quantitative estimate of drug-likeness (QED) is 0.794. The predicted octanol–water partition coefficient (Wildman–Crippen LogP) is 4.12. The molecule has 0 spiro atoms. The molecule has 0 fully saturated rings. The number of hydrogen-bond acceptors (Lipinski definition) is 4.